The van der Waals surface area contributed by atoms with Gasteiger partial charge in [-0.1, -0.05) is 11.8 Å². The molecule has 2 aromatic heterocycles. The fraction of sp³-hybridized carbons (Fsp3) is 0.280. The molecule has 2 N–H and O–H groups in total. The van der Waals surface area contributed by atoms with Crippen molar-refractivity contribution in [3.05, 3.63) is 53.9 Å². The van der Waals surface area contributed by atoms with Gasteiger partial charge in [0.2, 0.25) is 5.91 Å². The van der Waals surface area contributed by atoms with Crippen molar-refractivity contribution in [2.24, 2.45) is 5.92 Å². The maximum absolute atomic E-state index is 12.2. The van der Waals surface area contributed by atoms with E-state index in [0.29, 0.717) is 18.2 Å². The molecule has 3 aromatic rings. The molecule has 5 rings (SSSR count). The molecule has 2 aliphatic rings. The van der Waals surface area contributed by atoms with E-state index >= 15 is 0 Å². The Labute approximate surface area is 192 Å². The second kappa shape index (κ2) is 8.43. The predicted octanol–water partition coefficient (Wildman–Crippen LogP) is 3.29. The van der Waals surface area contributed by atoms with E-state index in [0.717, 1.165) is 47.0 Å². The molecule has 2 fully saturated rings. The van der Waals surface area contributed by atoms with Crippen LogP contribution in [0.5, 0.6) is 0 Å². The van der Waals surface area contributed by atoms with Crippen LogP contribution < -0.4 is 15.5 Å². The van der Waals surface area contributed by atoms with Gasteiger partial charge in [-0.15, -0.1) is 0 Å². The van der Waals surface area contributed by atoms with Crippen molar-refractivity contribution in [2.75, 3.05) is 42.7 Å². The summed E-state index contributed by atoms with van der Waals surface area (Å²) in [6.45, 7) is 1.41. The first-order valence-electron chi connectivity index (χ1n) is 11.0. The van der Waals surface area contributed by atoms with Crippen molar-refractivity contribution in [2.45, 2.75) is 12.8 Å². The molecule has 3 heterocycles. The SMILES string of the molecule is CNc1ncc(C#Cc2ccc(N3CCN(C)C3=O)cc2)c2cc(NC(=O)C3CC3)ncc12. The third-order valence-corrected chi connectivity index (χ3v) is 5.95. The number of nitrogens with one attached hydrogen (secondary N) is 2. The molecule has 33 heavy (non-hydrogen) atoms. The Balaban J connectivity index is 1.43. The molecule has 1 aromatic carbocycles. The van der Waals surface area contributed by atoms with Gasteiger partial charge in [-0.3, -0.25) is 9.69 Å². The van der Waals surface area contributed by atoms with Gasteiger partial charge >= 0.3 is 6.03 Å². The van der Waals surface area contributed by atoms with Gasteiger partial charge in [0, 0.05) is 67.5 Å². The summed E-state index contributed by atoms with van der Waals surface area (Å²) in [5.41, 5.74) is 2.44. The van der Waals surface area contributed by atoms with Crippen LogP contribution in [0.2, 0.25) is 0 Å². The standard InChI is InChI=1S/C25H24N6O2/c1-26-23-21-15-27-22(29-24(32)17-7-8-17)13-20(21)18(14-28-23)6-3-16-4-9-19(10-5-16)31-12-11-30(2)25(31)33/h4-5,9-10,13-15,17H,7-8,11-12H2,1-2H3,(H,26,28)(H,27,29,32). The summed E-state index contributed by atoms with van der Waals surface area (Å²) < 4.78 is 0. The van der Waals surface area contributed by atoms with Crippen LogP contribution in [-0.4, -0.2) is 54.0 Å². The number of fused-ring (bicyclic) bond motifs is 1. The minimum Gasteiger partial charge on any atom is -0.373 e. The summed E-state index contributed by atoms with van der Waals surface area (Å²) in [5, 5.41) is 7.68. The molecular formula is C25H24N6O2. The van der Waals surface area contributed by atoms with Crippen LogP contribution in [0.15, 0.2) is 42.7 Å². The highest BCUT2D eigenvalue weighted by Gasteiger charge is 2.30. The lowest BCUT2D eigenvalue weighted by molar-refractivity contribution is -0.117. The first kappa shape index (κ1) is 20.8. The Morgan fingerprint density at radius 2 is 1.85 bits per heavy atom. The van der Waals surface area contributed by atoms with Crippen LogP contribution in [0.3, 0.4) is 0 Å². The Morgan fingerprint density at radius 1 is 1.06 bits per heavy atom. The monoisotopic (exact) mass is 440 g/mol. The number of anilines is 3. The smallest absolute Gasteiger partial charge is 0.324 e. The third kappa shape index (κ3) is 4.17. The number of hydrogen-bond donors (Lipinski definition) is 2. The summed E-state index contributed by atoms with van der Waals surface area (Å²) in [7, 11) is 3.61. The average Bonchev–Trinajstić information content (AvgIpc) is 3.64. The fourth-order valence-electron chi connectivity index (χ4n) is 3.83. The second-order valence-electron chi connectivity index (χ2n) is 8.30. The molecule has 0 radical (unpaired) electrons. The topological polar surface area (TPSA) is 90.5 Å². The van der Waals surface area contributed by atoms with E-state index in [-0.39, 0.29) is 17.9 Å². The number of carbonyl (C=O) groups excluding carboxylic acids is 2. The van der Waals surface area contributed by atoms with E-state index in [1.54, 1.807) is 36.3 Å². The number of nitrogens with zero attached hydrogens (tertiary/aromatic N) is 4. The zero-order valence-corrected chi connectivity index (χ0v) is 18.6. The van der Waals surface area contributed by atoms with Gasteiger partial charge in [0.25, 0.3) is 0 Å². The first-order valence-corrected chi connectivity index (χ1v) is 11.0. The van der Waals surface area contributed by atoms with E-state index in [4.69, 9.17) is 0 Å². The Morgan fingerprint density at radius 3 is 2.52 bits per heavy atom. The van der Waals surface area contributed by atoms with Crippen molar-refractivity contribution in [3.63, 3.8) is 0 Å². The van der Waals surface area contributed by atoms with Crippen molar-refractivity contribution in [3.8, 4) is 11.8 Å². The molecular weight excluding hydrogens is 416 g/mol. The number of benzene rings is 1. The molecule has 1 aliphatic carbocycles. The van der Waals surface area contributed by atoms with Crippen LogP contribution in [0.4, 0.5) is 22.1 Å². The number of aromatic nitrogens is 2. The Kier molecular flexibility index (Phi) is 5.31. The van der Waals surface area contributed by atoms with Gasteiger partial charge in [0.15, 0.2) is 0 Å². The van der Waals surface area contributed by atoms with Crippen LogP contribution in [-0.2, 0) is 4.79 Å². The number of amides is 3. The summed E-state index contributed by atoms with van der Waals surface area (Å²) >= 11 is 0. The highest BCUT2D eigenvalue weighted by molar-refractivity contribution is 5.99. The second-order valence-corrected chi connectivity index (χ2v) is 8.30. The number of hydrogen-bond acceptors (Lipinski definition) is 5. The lowest BCUT2D eigenvalue weighted by Gasteiger charge is -2.15. The normalized spacial score (nSPS) is 15.4. The van der Waals surface area contributed by atoms with Crippen molar-refractivity contribution in [1.29, 1.82) is 0 Å². The Bertz CT molecular complexity index is 1300. The molecule has 166 valence electrons. The number of rotatable bonds is 4. The van der Waals surface area contributed by atoms with E-state index in [1.807, 2.05) is 30.3 Å². The van der Waals surface area contributed by atoms with E-state index in [9.17, 15) is 9.59 Å². The van der Waals surface area contributed by atoms with Gasteiger partial charge < -0.3 is 15.5 Å². The van der Waals surface area contributed by atoms with Gasteiger partial charge in [0.05, 0.1) is 5.56 Å². The van der Waals surface area contributed by atoms with Gasteiger partial charge in [-0.05, 0) is 43.2 Å². The van der Waals surface area contributed by atoms with Crippen LogP contribution >= 0.6 is 0 Å². The highest BCUT2D eigenvalue weighted by atomic mass is 16.2. The third-order valence-electron chi connectivity index (χ3n) is 5.95. The molecule has 0 unspecified atom stereocenters. The maximum Gasteiger partial charge on any atom is 0.324 e. The number of pyridine rings is 2. The van der Waals surface area contributed by atoms with Crippen LogP contribution in [0.1, 0.15) is 24.0 Å². The summed E-state index contributed by atoms with van der Waals surface area (Å²) in [5.74, 6) is 7.72. The summed E-state index contributed by atoms with van der Waals surface area (Å²) in [6, 6.07) is 9.51. The fourth-order valence-corrected chi connectivity index (χ4v) is 3.83. The molecule has 3 amide bonds. The summed E-state index contributed by atoms with van der Waals surface area (Å²) in [6.07, 6.45) is 5.30. The predicted molar refractivity (Wildman–Crippen MR) is 128 cm³/mol. The molecule has 8 nitrogen and oxygen atoms in total. The van der Waals surface area contributed by atoms with Crippen molar-refractivity contribution in [1.82, 2.24) is 14.9 Å². The van der Waals surface area contributed by atoms with Crippen LogP contribution in [0, 0.1) is 17.8 Å². The molecule has 1 aliphatic heterocycles. The lowest BCUT2D eigenvalue weighted by atomic mass is 10.1. The largest absolute Gasteiger partial charge is 0.373 e. The van der Waals surface area contributed by atoms with Gasteiger partial charge in [-0.2, -0.15) is 0 Å². The lowest BCUT2D eigenvalue weighted by Crippen LogP contribution is -2.29. The maximum atomic E-state index is 12.2. The molecule has 1 saturated heterocycles. The average molecular weight is 441 g/mol. The number of carbonyl (C=O) groups is 2. The van der Waals surface area contributed by atoms with E-state index in [2.05, 4.69) is 32.4 Å². The zero-order chi connectivity index (χ0) is 22.9. The highest BCUT2D eigenvalue weighted by Crippen LogP contribution is 2.31. The van der Waals surface area contributed by atoms with E-state index < -0.39 is 0 Å². The number of likely N-dealkylation sites (N-methyl/N-ethyl adjacent to an activating group) is 1. The molecule has 0 spiro atoms. The quantitative estimate of drug-likeness (QED) is 0.608. The zero-order valence-electron chi connectivity index (χ0n) is 18.6. The van der Waals surface area contributed by atoms with E-state index in [1.165, 1.54) is 0 Å². The Hall–Kier alpha value is -4.12. The minimum atomic E-state index is 0.00851. The summed E-state index contributed by atoms with van der Waals surface area (Å²) in [4.78, 5) is 36.7. The molecule has 0 bridgehead atoms. The van der Waals surface area contributed by atoms with Crippen LogP contribution in [0.25, 0.3) is 10.8 Å². The molecule has 1 saturated carbocycles. The van der Waals surface area contributed by atoms with Crippen molar-refractivity contribution >= 4 is 40.0 Å². The van der Waals surface area contributed by atoms with Crippen molar-refractivity contribution < 1.29 is 9.59 Å². The minimum absolute atomic E-state index is 0.00851. The number of urea groups is 1. The first-order chi connectivity index (χ1) is 16.0. The van der Waals surface area contributed by atoms with Gasteiger partial charge in [0.1, 0.15) is 11.6 Å². The molecule has 8 heteroatoms. The molecule has 0 atom stereocenters. The van der Waals surface area contributed by atoms with Gasteiger partial charge in [-0.25, -0.2) is 14.8 Å².